The summed E-state index contributed by atoms with van der Waals surface area (Å²) in [5, 5.41) is 45.9. The summed E-state index contributed by atoms with van der Waals surface area (Å²) in [6.07, 6.45) is -5.59. The average molecular weight is 325 g/mol. The SMILES string of the molecule is N#CCCO[C@H]1O[C@@H](O)[C@H](OCCC#N)[C@@H](OCCC#N)[C@@H]1O. The lowest BCUT2D eigenvalue weighted by atomic mass is 10.0. The molecule has 23 heavy (non-hydrogen) atoms. The molecule has 1 rings (SSSR count). The van der Waals surface area contributed by atoms with E-state index >= 15 is 0 Å². The molecule has 126 valence electrons. The number of hydrogen-bond acceptors (Lipinski definition) is 9. The number of aliphatic hydroxyl groups is 2. The molecule has 0 saturated carbocycles. The van der Waals surface area contributed by atoms with E-state index in [4.69, 9.17) is 34.7 Å². The standard InChI is InChI=1S/C14H19N3O6/c15-4-1-7-20-11-10(18)14(22-9-3-6-17)23-13(19)12(11)21-8-2-5-16/h10-14,18-19H,1-3,7-9H2/t10-,11-,12+,13+,14-/m0/s1. The third kappa shape index (κ3) is 6.09. The maximum absolute atomic E-state index is 10.3. The Kier molecular flexibility index (Phi) is 9.11. The third-order valence-electron chi connectivity index (χ3n) is 3.04. The number of nitriles is 3. The van der Waals surface area contributed by atoms with E-state index in [0.717, 1.165) is 0 Å². The normalized spacial score (nSPS) is 30.1. The molecule has 9 nitrogen and oxygen atoms in total. The van der Waals surface area contributed by atoms with Crippen molar-refractivity contribution in [3.05, 3.63) is 0 Å². The van der Waals surface area contributed by atoms with Gasteiger partial charge >= 0.3 is 0 Å². The summed E-state index contributed by atoms with van der Waals surface area (Å²) >= 11 is 0. The van der Waals surface area contributed by atoms with Gasteiger partial charge in [0.2, 0.25) is 0 Å². The number of hydrogen-bond donors (Lipinski definition) is 2. The smallest absolute Gasteiger partial charge is 0.189 e. The van der Waals surface area contributed by atoms with Gasteiger partial charge in [0.15, 0.2) is 12.6 Å². The summed E-state index contributed by atoms with van der Waals surface area (Å²) in [5.74, 6) is 0. The van der Waals surface area contributed by atoms with Gasteiger partial charge in [-0.3, -0.25) is 0 Å². The molecule has 1 aliphatic heterocycles. The van der Waals surface area contributed by atoms with Gasteiger partial charge in [-0.1, -0.05) is 0 Å². The van der Waals surface area contributed by atoms with Crippen molar-refractivity contribution in [3.63, 3.8) is 0 Å². The van der Waals surface area contributed by atoms with Crippen LogP contribution in [0.1, 0.15) is 19.3 Å². The third-order valence-corrected chi connectivity index (χ3v) is 3.04. The minimum absolute atomic E-state index is 0.0236. The van der Waals surface area contributed by atoms with Crippen molar-refractivity contribution in [2.45, 2.75) is 50.2 Å². The first-order valence-corrected chi connectivity index (χ1v) is 7.13. The van der Waals surface area contributed by atoms with Crippen LogP contribution in [0.4, 0.5) is 0 Å². The highest BCUT2D eigenvalue weighted by Crippen LogP contribution is 2.26. The molecular weight excluding hydrogens is 306 g/mol. The van der Waals surface area contributed by atoms with Crippen LogP contribution in [0.25, 0.3) is 0 Å². The summed E-state index contributed by atoms with van der Waals surface area (Å²) in [5.41, 5.74) is 0. The van der Waals surface area contributed by atoms with Crippen LogP contribution in [0, 0.1) is 34.0 Å². The minimum Gasteiger partial charge on any atom is -0.385 e. The highest BCUT2D eigenvalue weighted by atomic mass is 16.8. The fourth-order valence-corrected chi connectivity index (χ4v) is 2.02. The van der Waals surface area contributed by atoms with Gasteiger partial charge in [0.05, 0.1) is 57.3 Å². The lowest BCUT2D eigenvalue weighted by molar-refractivity contribution is -0.350. The topological polar surface area (TPSA) is 149 Å². The maximum atomic E-state index is 10.3. The van der Waals surface area contributed by atoms with Crippen molar-refractivity contribution in [3.8, 4) is 18.2 Å². The predicted octanol–water partition coefficient (Wildman–Crippen LogP) is -0.450. The lowest BCUT2D eigenvalue weighted by Crippen LogP contribution is -2.60. The fourth-order valence-electron chi connectivity index (χ4n) is 2.02. The molecular formula is C14H19N3O6. The number of aliphatic hydroxyl groups excluding tert-OH is 2. The molecule has 1 aliphatic rings. The van der Waals surface area contributed by atoms with E-state index in [2.05, 4.69) is 0 Å². The van der Waals surface area contributed by atoms with Crippen molar-refractivity contribution >= 4 is 0 Å². The number of rotatable bonds is 9. The van der Waals surface area contributed by atoms with E-state index in [1.165, 1.54) is 0 Å². The summed E-state index contributed by atoms with van der Waals surface area (Å²) in [6, 6.07) is 5.68. The van der Waals surface area contributed by atoms with Crippen LogP contribution in [-0.4, -0.2) is 60.9 Å². The van der Waals surface area contributed by atoms with Gasteiger partial charge in [-0.25, -0.2) is 0 Å². The van der Waals surface area contributed by atoms with Crippen LogP contribution in [0.5, 0.6) is 0 Å². The first kappa shape index (κ1) is 19.3. The second kappa shape index (κ2) is 10.9. The molecule has 9 heteroatoms. The van der Waals surface area contributed by atoms with Gasteiger partial charge in [-0.15, -0.1) is 0 Å². The second-order valence-electron chi connectivity index (χ2n) is 4.65. The predicted molar refractivity (Wildman–Crippen MR) is 73.0 cm³/mol. The van der Waals surface area contributed by atoms with Crippen molar-refractivity contribution < 1.29 is 29.2 Å². The van der Waals surface area contributed by atoms with Crippen molar-refractivity contribution in [1.82, 2.24) is 0 Å². The van der Waals surface area contributed by atoms with Gasteiger partial charge in [-0.05, 0) is 0 Å². The molecule has 1 saturated heterocycles. The molecule has 0 aromatic carbocycles. The van der Waals surface area contributed by atoms with Crippen molar-refractivity contribution in [2.24, 2.45) is 0 Å². The zero-order valence-corrected chi connectivity index (χ0v) is 12.5. The van der Waals surface area contributed by atoms with Crippen LogP contribution in [0.3, 0.4) is 0 Å². The molecule has 0 aliphatic carbocycles. The molecule has 2 N–H and O–H groups in total. The van der Waals surface area contributed by atoms with Crippen LogP contribution >= 0.6 is 0 Å². The van der Waals surface area contributed by atoms with E-state index in [9.17, 15) is 10.2 Å². The molecule has 5 atom stereocenters. The molecule has 0 amide bonds. The van der Waals surface area contributed by atoms with Crippen LogP contribution in [0.2, 0.25) is 0 Å². The van der Waals surface area contributed by atoms with E-state index in [1.54, 1.807) is 0 Å². The van der Waals surface area contributed by atoms with E-state index in [-0.39, 0.29) is 39.1 Å². The van der Waals surface area contributed by atoms with Crippen molar-refractivity contribution in [1.29, 1.82) is 15.8 Å². The first-order valence-electron chi connectivity index (χ1n) is 7.13. The Morgan fingerprint density at radius 3 is 1.78 bits per heavy atom. The van der Waals surface area contributed by atoms with E-state index in [0.29, 0.717) is 0 Å². The Morgan fingerprint density at radius 1 is 0.783 bits per heavy atom. The molecule has 0 spiro atoms. The largest absolute Gasteiger partial charge is 0.385 e. The number of nitrogens with zero attached hydrogens (tertiary/aromatic N) is 3. The Hall–Kier alpha value is -1.77. The molecule has 1 heterocycles. The molecule has 1 fully saturated rings. The Morgan fingerprint density at radius 2 is 1.26 bits per heavy atom. The fraction of sp³-hybridized carbons (Fsp3) is 0.786. The Balaban J connectivity index is 2.71. The molecule has 0 unspecified atom stereocenters. The van der Waals surface area contributed by atoms with E-state index < -0.39 is 30.9 Å². The Labute approximate surface area is 134 Å². The molecule has 0 aromatic heterocycles. The molecule has 0 radical (unpaired) electrons. The van der Waals surface area contributed by atoms with Gasteiger partial charge in [0.25, 0.3) is 0 Å². The van der Waals surface area contributed by atoms with Crippen LogP contribution in [0.15, 0.2) is 0 Å². The highest BCUT2D eigenvalue weighted by molar-refractivity contribution is 4.89. The quantitative estimate of drug-likeness (QED) is 0.537. The maximum Gasteiger partial charge on any atom is 0.189 e. The summed E-state index contributed by atoms with van der Waals surface area (Å²) in [6.45, 7) is 0.0934. The zero-order valence-electron chi connectivity index (χ0n) is 12.5. The van der Waals surface area contributed by atoms with Gasteiger partial charge in [0.1, 0.15) is 18.3 Å². The zero-order chi connectivity index (χ0) is 17.1. The number of ether oxygens (including phenoxy) is 4. The van der Waals surface area contributed by atoms with Gasteiger partial charge in [0, 0.05) is 0 Å². The second-order valence-corrected chi connectivity index (χ2v) is 4.65. The minimum atomic E-state index is -1.43. The molecule has 0 aromatic rings. The van der Waals surface area contributed by atoms with Gasteiger partial charge < -0.3 is 29.2 Å². The Bertz CT molecular complexity index is 469. The summed E-state index contributed by atoms with van der Waals surface area (Å²) < 4.78 is 21.1. The van der Waals surface area contributed by atoms with Gasteiger partial charge in [-0.2, -0.15) is 15.8 Å². The summed E-state index contributed by atoms with van der Waals surface area (Å²) in [7, 11) is 0. The van der Waals surface area contributed by atoms with E-state index in [1.807, 2.05) is 18.2 Å². The highest BCUT2D eigenvalue weighted by Gasteiger charge is 2.46. The average Bonchev–Trinajstić information content (AvgIpc) is 2.54. The van der Waals surface area contributed by atoms with Crippen LogP contribution < -0.4 is 0 Å². The van der Waals surface area contributed by atoms with Crippen LogP contribution in [-0.2, 0) is 18.9 Å². The van der Waals surface area contributed by atoms with Crippen molar-refractivity contribution in [2.75, 3.05) is 19.8 Å². The summed E-state index contributed by atoms with van der Waals surface area (Å²) in [4.78, 5) is 0. The monoisotopic (exact) mass is 325 g/mol. The molecule has 0 bridgehead atoms. The first-order chi connectivity index (χ1) is 11.2. The lowest BCUT2D eigenvalue weighted by Gasteiger charge is -2.42.